The van der Waals surface area contributed by atoms with Gasteiger partial charge in [0.1, 0.15) is 0 Å². The molecule has 3 heteroatoms. The van der Waals surface area contributed by atoms with E-state index in [0.717, 1.165) is 5.92 Å². The van der Waals surface area contributed by atoms with E-state index in [2.05, 4.69) is 60.4 Å². The molecule has 0 radical (unpaired) electrons. The lowest BCUT2D eigenvalue weighted by atomic mass is 9.68. The highest BCUT2D eigenvalue weighted by Gasteiger charge is 2.59. The minimum absolute atomic E-state index is 0.440. The van der Waals surface area contributed by atoms with Gasteiger partial charge < -0.3 is 5.32 Å². The van der Waals surface area contributed by atoms with Crippen molar-refractivity contribution in [1.29, 1.82) is 0 Å². The summed E-state index contributed by atoms with van der Waals surface area (Å²) in [5, 5.41) is 6.14. The molecule has 1 aromatic rings. The predicted octanol–water partition coefficient (Wildman–Crippen LogP) is 5.38. The summed E-state index contributed by atoms with van der Waals surface area (Å²) in [5.41, 5.74) is 0.951. The monoisotopic (exact) mass is 341 g/mol. The fourth-order valence-corrected chi connectivity index (χ4v) is 6.07. The third-order valence-electron chi connectivity index (χ3n) is 5.70. The van der Waals surface area contributed by atoms with Gasteiger partial charge in [0.15, 0.2) is 0 Å². The molecular formula is C16H24BrNS. The van der Waals surface area contributed by atoms with Gasteiger partial charge in [-0.05, 0) is 64.9 Å². The molecule has 1 N–H and O–H groups in total. The average Bonchev–Trinajstić information content (AvgIpc) is 2.96. The first kappa shape index (κ1) is 14.1. The molecule has 0 amide bonds. The van der Waals surface area contributed by atoms with E-state index < -0.39 is 0 Å². The second kappa shape index (κ2) is 4.57. The fraction of sp³-hybridized carbons (Fsp3) is 0.750. The molecular weight excluding hydrogens is 318 g/mol. The molecule has 1 nitrogen and oxygen atoms in total. The molecule has 1 heterocycles. The van der Waals surface area contributed by atoms with Crippen molar-refractivity contribution in [3.05, 3.63) is 20.8 Å². The van der Waals surface area contributed by atoms with E-state index in [1.807, 2.05) is 11.3 Å². The second-order valence-electron chi connectivity index (χ2n) is 7.40. The van der Waals surface area contributed by atoms with Gasteiger partial charge in [0.2, 0.25) is 0 Å². The van der Waals surface area contributed by atoms with Crippen molar-refractivity contribution in [3.8, 4) is 0 Å². The third kappa shape index (κ3) is 2.22. The van der Waals surface area contributed by atoms with E-state index in [1.54, 1.807) is 0 Å². The van der Waals surface area contributed by atoms with Crippen molar-refractivity contribution < 1.29 is 0 Å². The summed E-state index contributed by atoms with van der Waals surface area (Å²) in [6.45, 7) is 9.74. The van der Waals surface area contributed by atoms with Crippen molar-refractivity contribution in [2.24, 2.45) is 16.7 Å². The van der Waals surface area contributed by atoms with Crippen LogP contribution in [0.3, 0.4) is 0 Å². The molecule has 3 rings (SSSR count). The van der Waals surface area contributed by atoms with E-state index in [9.17, 15) is 0 Å². The molecule has 0 spiro atoms. The van der Waals surface area contributed by atoms with Gasteiger partial charge in [-0.2, -0.15) is 0 Å². The Balaban J connectivity index is 1.79. The Bertz CT molecular complexity index is 476. The highest BCUT2D eigenvalue weighted by Crippen LogP contribution is 2.62. The van der Waals surface area contributed by atoms with Gasteiger partial charge in [0.05, 0.1) is 0 Å². The van der Waals surface area contributed by atoms with Crippen molar-refractivity contribution in [1.82, 2.24) is 5.32 Å². The molecule has 19 heavy (non-hydrogen) atoms. The van der Waals surface area contributed by atoms with Crippen molar-refractivity contribution in [3.63, 3.8) is 0 Å². The number of thiophene rings is 1. The molecule has 2 fully saturated rings. The smallest absolute Gasteiger partial charge is 0.0389 e. The van der Waals surface area contributed by atoms with Crippen molar-refractivity contribution in [2.75, 3.05) is 0 Å². The topological polar surface area (TPSA) is 12.0 Å². The quantitative estimate of drug-likeness (QED) is 0.778. The molecule has 4 unspecified atom stereocenters. The van der Waals surface area contributed by atoms with Crippen LogP contribution in [0.4, 0.5) is 0 Å². The number of halogens is 1. The van der Waals surface area contributed by atoms with Crippen LogP contribution < -0.4 is 5.32 Å². The van der Waals surface area contributed by atoms with Crippen molar-refractivity contribution in [2.45, 2.75) is 59.0 Å². The Labute approximate surface area is 129 Å². The maximum atomic E-state index is 3.96. The molecule has 2 saturated carbocycles. The van der Waals surface area contributed by atoms with Crippen LogP contribution in [0.2, 0.25) is 0 Å². The second-order valence-corrected chi connectivity index (χ2v) is 9.26. The summed E-state index contributed by atoms with van der Waals surface area (Å²) in [4.78, 5) is 1.44. The minimum Gasteiger partial charge on any atom is -0.306 e. The zero-order chi connectivity index (χ0) is 13.8. The van der Waals surface area contributed by atoms with Gasteiger partial charge in [0, 0.05) is 26.8 Å². The number of hydrogen-bond acceptors (Lipinski definition) is 2. The van der Waals surface area contributed by atoms with Gasteiger partial charge in [-0.1, -0.05) is 20.8 Å². The first-order chi connectivity index (χ1) is 8.83. The molecule has 2 bridgehead atoms. The Hall–Kier alpha value is 0.140. The Kier molecular flexibility index (Phi) is 3.39. The molecule has 0 aliphatic heterocycles. The maximum absolute atomic E-state index is 3.96. The third-order valence-corrected chi connectivity index (χ3v) is 7.58. The largest absolute Gasteiger partial charge is 0.306 e. The number of rotatable bonds is 3. The average molecular weight is 342 g/mol. The first-order valence-electron chi connectivity index (χ1n) is 7.33. The molecule has 4 atom stereocenters. The molecule has 2 aliphatic rings. The lowest BCUT2D eigenvalue weighted by Crippen LogP contribution is -2.50. The standard InChI is InChI=1S/C16H24BrNS/c1-10(13-7-12(17)9-19-13)18-14-15(2,3)11-5-6-16(14,4)8-11/h7,9-11,14,18H,5-6,8H2,1-4H3. The molecule has 0 aromatic carbocycles. The van der Waals surface area contributed by atoms with Gasteiger partial charge in [-0.25, -0.2) is 0 Å². The van der Waals surface area contributed by atoms with Crippen molar-refractivity contribution >= 4 is 27.3 Å². The van der Waals surface area contributed by atoms with E-state index in [0.29, 0.717) is 22.9 Å². The Morgan fingerprint density at radius 3 is 2.68 bits per heavy atom. The van der Waals surface area contributed by atoms with Crippen LogP contribution in [0.15, 0.2) is 15.9 Å². The van der Waals surface area contributed by atoms with Gasteiger partial charge in [-0.15, -0.1) is 11.3 Å². The summed E-state index contributed by atoms with van der Waals surface area (Å²) in [6, 6.07) is 3.36. The number of hydrogen-bond donors (Lipinski definition) is 1. The normalized spacial score (nSPS) is 37.7. The van der Waals surface area contributed by atoms with Gasteiger partial charge in [-0.3, -0.25) is 0 Å². The molecule has 0 saturated heterocycles. The van der Waals surface area contributed by atoms with Gasteiger partial charge >= 0.3 is 0 Å². The Morgan fingerprint density at radius 2 is 2.16 bits per heavy atom. The highest BCUT2D eigenvalue weighted by molar-refractivity contribution is 9.10. The summed E-state index contributed by atoms with van der Waals surface area (Å²) < 4.78 is 1.21. The first-order valence-corrected chi connectivity index (χ1v) is 9.00. The van der Waals surface area contributed by atoms with Crippen LogP contribution in [0.5, 0.6) is 0 Å². The zero-order valence-corrected chi connectivity index (χ0v) is 14.7. The molecule has 2 aliphatic carbocycles. The van der Waals surface area contributed by atoms with E-state index in [1.165, 1.54) is 28.6 Å². The lowest BCUT2D eigenvalue weighted by Gasteiger charge is -2.44. The van der Waals surface area contributed by atoms with Crippen LogP contribution >= 0.6 is 27.3 Å². The van der Waals surface area contributed by atoms with Crippen LogP contribution in [-0.2, 0) is 0 Å². The number of nitrogens with one attached hydrogen (secondary N) is 1. The van der Waals surface area contributed by atoms with E-state index in [-0.39, 0.29) is 0 Å². The summed E-state index contributed by atoms with van der Waals surface area (Å²) in [6.07, 6.45) is 4.25. The maximum Gasteiger partial charge on any atom is 0.0389 e. The number of fused-ring (bicyclic) bond motifs is 2. The summed E-state index contributed by atoms with van der Waals surface area (Å²) >= 11 is 5.41. The SMILES string of the molecule is CC(NC1C2(C)CCC(C2)C1(C)C)c1cc(Br)cs1. The fourth-order valence-electron chi connectivity index (χ4n) is 4.61. The predicted molar refractivity (Wildman–Crippen MR) is 86.6 cm³/mol. The summed E-state index contributed by atoms with van der Waals surface area (Å²) in [5.74, 6) is 0.914. The zero-order valence-electron chi connectivity index (χ0n) is 12.3. The van der Waals surface area contributed by atoms with Crippen LogP contribution in [-0.4, -0.2) is 6.04 Å². The van der Waals surface area contributed by atoms with E-state index in [4.69, 9.17) is 0 Å². The van der Waals surface area contributed by atoms with Crippen LogP contribution in [0, 0.1) is 16.7 Å². The Morgan fingerprint density at radius 1 is 1.42 bits per heavy atom. The summed E-state index contributed by atoms with van der Waals surface area (Å²) in [7, 11) is 0. The molecule has 106 valence electrons. The minimum atomic E-state index is 0.440. The van der Waals surface area contributed by atoms with Gasteiger partial charge in [0.25, 0.3) is 0 Å². The lowest BCUT2D eigenvalue weighted by molar-refractivity contribution is 0.101. The van der Waals surface area contributed by atoms with Crippen LogP contribution in [0.25, 0.3) is 0 Å². The van der Waals surface area contributed by atoms with E-state index >= 15 is 0 Å². The van der Waals surface area contributed by atoms with Crippen LogP contribution in [0.1, 0.15) is 57.9 Å². The highest BCUT2D eigenvalue weighted by atomic mass is 79.9. The molecule has 1 aromatic heterocycles.